The van der Waals surface area contributed by atoms with Crippen LogP contribution in [0.4, 0.5) is 0 Å². The molecule has 26 rings (SSSR count). The Labute approximate surface area is 743 Å². The van der Waals surface area contributed by atoms with E-state index in [4.69, 9.17) is 0 Å². The Balaban J connectivity index is 0.000000107. The molecule has 26 aromatic carbocycles. The summed E-state index contributed by atoms with van der Waals surface area (Å²) in [5.41, 5.74) is 22.8. The molecule has 0 aliphatic heterocycles. The van der Waals surface area contributed by atoms with Gasteiger partial charge in [-0.25, -0.2) is 0 Å². The highest BCUT2D eigenvalue weighted by atomic mass is 14.3. The Morgan fingerprint density at radius 3 is 0.656 bits per heavy atom. The number of fused-ring (bicyclic) bond motifs is 14. The molecule has 0 nitrogen and oxygen atoms in total. The van der Waals surface area contributed by atoms with E-state index in [0.29, 0.717) is 0 Å². The van der Waals surface area contributed by atoms with Gasteiger partial charge in [0, 0.05) is 0 Å². The SMILES string of the molecule is c1ccc(-c2cc(-c3c4ccccc4c(-c4ccc5ccccc5c4)c4ccccc34)c3ccccc3c2)cc1.c1ccc2cc(-c3c4ccccc4c(-c4ccc(-c5cccc6ccccc56)c5ccccc45)c4ccccc34)ccc2c1.c1ccc2cc(-c3cc(-c4c5ccccc5c(-c5ccc6ccccc6c5)c5ccccc45)c4ccccc4c3)ccc2c1. The van der Waals surface area contributed by atoms with Gasteiger partial charge in [0.25, 0.3) is 0 Å². The third-order valence-corrected chi connectivity index (χ3v) is 26.6. The molecule has 0 amide bonds. The van der Waals surface area contributed by atoms with Crippen molar-refractivity contribution in [2.45, 2.75) is 0 Å². The zero-order valence-corrected chi connectivity index (χ0v) is 70.3. The second-order valence-corrected chi connectivity index (χ2v) is 33.9. The summed E-state index contributed by atoms with van der Waals surface area (Å²) in [7, 11) is 0. The maximum atomic E-state index is 2.41. The molecule has 26 aromatic rings. The summed E-state index contributed by atoms with van der Waals surface area (Å²) in [5, 5.41) is 35.5. The van der Waals surface area contributed by atoms with Crippen molar-refractivity contribution in [1.82, 2.24) is 0 Å². The standard InChI is InChI=1S/2C44H28.C40H26/c1-3-13-31-25-33(23-21-29(31)11-1)36-27-34-15-5-6-16-37(34)42(28-36)44-40-19-9-7-17-38(40)43(39-18-8-10-20-41(39)44)35-24-22-30-12-2-4-14-32(30)26-35;1-2-14-31-28-32(25-24-29(31)12-1)43-38-19-7-9-21-40(38)44(41-22-10-8-20-39(41)43)42-27-26-37(35-17-5-6-18-36(35)42)34-23-11-15-30-13-3-4-16-33(30)34;1-2-12-27(13-3-1)32-25-30-16-6-7-17-33(30)38(26-32)40-36-20-10-8-18-34(36)39(35-19-9-11-21-37(35)40)31-23-22-28-14-4-5-15-29(28)24-31/h2*1-28H;1-26H. The van der Waals surface area contributed by atoms with Gasteiger partial charge in [-0.05, 0) is 299 Å². The van der Waals surface area contributed by atoms with E-state index in [1.165, 1.54) is 251 Å². The van der Waals surface area contributed by atoms with Gasteiger partial charge in [-0.1, -0.05) is 449 Å². The van der Waals surface area contributed by atoms with Crippen LogP contribution >= 0.6 is 0 Å². The minimum Gasteiger partial charge on any atom is -0.0622 e. The number of benzene rings is 26. The maximum absolute atomic E-state index is 2.41. The van der Waals surface area contributed by atoms with Crippen molar-refractivity contribution in [3.8, 4) is 100 Å². The van der Waals surface area contributed by atoms with Crippen molar-refractivity contribution in [3.63, 3.8) is 0 Å². The Hall–Kier alpha value is -16.6. The summed E-state index contributed by atoms with van der Waals surface area (Å²) in [6.07, 6.45) is 0. The molecule has 0 aliphatic rings. The van der Waals surface area contributed by atoms with E-state index >= 15 is 0 Å². The minimum absolute atomic E-state index is 1.23. The molecule has 0 unspecified atom stereocenters. The van der Waals surface area contributed by atoms with Crippen molar-refractivity contribution in [3.05, 3.63) is 497 Å². The molecule has 0 bridgehead atoms. The lowest BCUT2D eigenvalue weighted by molar-refractivity contribution is 1.63. The van der Waals surface area contributed by atoms with E-state index in [9.17, 15) is 0 Å². The molecule has 0 atom stereocenters. The number of hydrogen-bond donors (Lipinski definition) is 0. The topological polar surface area (TPSA) is 0 Å². The van der Waals surface area contributed by atoms with Crippen molar-refractivity contribution in [1.29, 1.82) is 0 Å². The van der Waals surface area contributed by atoms with Crippen LogP contribution < -0.4 is 0 Å². The first kappa shape index (κ1) is 75.1. The smallest absolute Gasteiger partial charge is 0.00199 e. The lowest BCUT2D eigenvalue weighted by Crippen LogP contribution is -1.92. The van der Waals surface area contributed by atoms with Crippen LogP contribution in [-0.2, 0) is 0 Å². The molecule has 0 radical (unpaired) electrons. The van der Waals surface area contributed by atoms with Gasteiger partial charge in [0.2, 0.25) is 0 Å². The van der Waals surface area contributed by atoms with Crippen LogP contribution in [-0.4, -0.2) is 0 Å². The predicted molar refractivity (Wildman–Crippen MR) is 553 cm³/mol. The first-order chi connectivity index (χ1) is 63.5. The first-order valence-corrected chi connectivity index (χ1v) is 44.4. The fraction of sp³-hybridized carbons (Fsp3) is 0. The molecule has 0 saturated heterocycles. The molecule has 0 aliphatic carbocycles. The summed E-state index contributed by atoms with van der Waals surface area (Å²) >= 11 is 0. The second kappa shape index (κ2) is 31.9. The van der Waals surface area contributed by atoms with E-state index in [1.807, 2.05) is 0 Å². The zero-order chi connectivity index (χ0) is 84.5. The second-order valence-electron chi connectivity index (χ2n) is 33.9. The first-order valence-electron chi connectivity index (χ1n) is 44.4. The van der Waals surface area contributed by atoms with E-state index in [-0.39, 0.29) is 0 Å². The summed E-state index contributed by atoms with van der Waals surface area (Å²) < 4.78 is 0. The summed E-state index contributed by atoms with van der Waals surface area (Å²) in [4.78, 5) is 0. The van der Waals surface area contributed by atoms with Crippen LogP contribution in [0.3, 0.4) is 0 Å². The lowest BCUT2D eigenvalue weighted by atomic mass is 9.83. The van der Waals surface area contributed by atoms with Crippen LogP contribution in [0.1, 0.15) is 0 Å². The third kappa shape index (κ3) is 13.2. The third-order valence-electron chi connectivity index (χ3n) is 26.6. The van der Waals surface area contributed by atoms with Gasteiger partial charge in [-0.15, -0.1) is 0 Å². The maximum Gasteiger partial charge on any atom is -0.00199 e. The van der Waals surface area contributed by atoms with Crippen LogP contribution in [0.5, 0.6) is 0 Å². The highest BCUT2D eigenvalue weighted by Crippen LogP contribution is 2.52. The average Bonchev–Trinajstić information content (AvgIpc) is 0.676. The molecule has 0 heterocycles. The van der Waals surface area contributed by atoms with Gasteiger partial charge in [0.05, 0.1) is 0 Å². The van der Waals surface area contributed by atoms with Gasteiger partial charge in [-0.3, -0.25) is 0 Å². The monoisotopic (exact) mass is 1620 g/mol. The molecule has 128 heavy (non-hydrogen) atoms. The normalized spacial score (nSPS) is 11.6. The predicted octanol–water partition coefficient (Wildman–Crippen LogP) is 36.2. The van der Waals surface area contributed by atoms with Crippen molar-refractivity contribution < 1.29 is 0 Å². The molecule has 0 fully saturated rings. The van der Waals surface area contributed by atoms with Gasteiger partial charge in [-0.2, -0.15) is 0 Å². The van der Waals surface area contributed by atoms with E-state index < -0.39 is 0 Å². The quantitative estimate of drug-likeness (QED) is 0.126. The van der Waals surface area contributed by atoms with E-state index in [1.54, 1.807) is 0 Å². The van der Waals surface area contributed by atoms with Gasteiger partial charge >= 0.3 is 0 Å². The molecule has 0 N–H and O–H groups in total. The molecule has 0 aromatic heterocycles. The Morgan fingerprint density at radius 1 is 0.0781 bits per heavy atom. The fourth-order valence-corrected chi connectivity index (χ4v) is 20.8. The molecule has 594 valence electrons. The van der Waals surface area contributed by atoms with E-state index in [0.717, 1.165) is 0 Å². The Morgan fingerprint density at radius 2 is 0.297 bits per heavy atom. The fourth-order valence-electron chi connectivity index (χ4n) is 20.8. The lowest BCUT2D eigenvalue weighted by Gasteiger charge is -2.20. The highest BCUT2D eigenvalue weighted by Gasteiger charge is 2.25. The highest BCUT2D eigenvalue weighted by molar-refractivity contribution is 6.28. The average molecular weight is 1620 g/mol. The molecular formula is C128H82. The summed E-state index contributed by atoms with van der Waals surface area (Å²) in [5.74, 6) is 0. The largest absolute Gasteiger partial charge is 0.0622 e. The Kier molecular flexibility index (Phi) is 18.7. The molecular weight excluding hydrogens is 1540 g/mol. The summed E-state index contributed by atoms with van der Waals surface area (Å²) in [6, 6.07) is 182. The molecule has 0 spiro atoms. The van der Waals surface area contributed by atoms with Gasteiger partial charge < -0.3 is 0 Å². The van der Waals surface area contributed by atoms with Crippen LogP contribution in [0.25, 0.3) is 251 Å². The summed E-state index contributed by atoms with van der Waals surface area (Å²) in [6.45, 7) is 0. The van der Waals surface area contributed by atoms with Crippen molar-refractivity contribution >= 4 is 151 Å². The van der Waals surface area contributed by atoms with E-state index in [2.05, 4.69) is 497 Å². The van der Waals surface area contributed by atoms with Gasteiger partial charge in [0.15, 0.2) is 0 Å². The number of hydrogen-bond acceptors (Lipinski definition) is 0. The van der Waals surface area contributed by atoms with Gasteiger partial charge in [0.1, 0.15) is 0 Å². The minimum atomic E-state index is 1.23. The zero-order valence-electron chi connectivity index (χ0n) is 70.3. The van der Waals surface area contributed by atoms with Crippen LogP contribution in [0.15, 0.2) is 497 Å². The molecule has 0 saturated carbocycles. The molecule has 0 heteroatoms. The van der Waals surface area contributed by atoms with Crippen LogP contribution in [0.2, 0.25) is 0 Å². The Bertz CT molecular complexity index is 8780. The van der Waals surface area contributed by atoms with Crippen molar-refractivity contribution in [2.24, 2.45) is 0 Å². The number of rotatable bonds is 9. The van der Waals surface area contributed by atoms with Crippen LogP contribution in [0, 0.1) is 0 Å². The van der Waals surface area contributed by atoms with Crippen molar-refractivity contribution in [2.75, 3.05) is 0 Å².